The maximum absolute atomic E-state index is 12.8. The Labute approximate surface area is 208 Å². The summed E-state index contributed by atoms with van der Waals surface area (Å²) in [6, 6.07) is 11.7. The molecule has 3 amide bonds. The van der Waals surface area contributed by atoms with Crippen LogP contribution in [0.5, 0.6) is 11.5 Å². The van der Waals surface area contributed by atoms with Crippen LogP contribution in [-0.4, -0.2) is 54.8 Å². The van der Waals surface area contributed by atoms with Crippen LogP contribution in [0.4, 0.5) is 10.5 Å². The molecule has 0 unspecified atom stereocenters. The number of imide groups is 1. The lowest BCUT2D eigenvalue weighted by Crippen LogP contribution is -2.36. The molecule has 0 aliphatic carbocycles. The van der Waals surface area contributed by atoms with E-state index >= 15 is 0 Å². The largest absolute Gasteiger partial charge is 0.497 e. The van der Waals surface area contributed by atoms with Crippen molar-refractivity contribution in [2.24, 2.45) is 0 Å². The molecule has 0 atom stereocenters. The van der Waals surface area contributed by atoms with Crippen LogP contribution >= 0.6 is 27.7 Å². The summed E-state index contributed by atoms with van der Waals surface area (Å²) in [6.45, 7) is 1.19. The van der Waals surface area contributed by atoms with Crippen LogP contribution in [-0.2, 0) is 19.1 Å². The zero-order valence-electron chi connectivity index (χ0n) is 18.3. The first-order valence-electron chi connectivity index (χ1n) is 10.1. The number of ether oxygens (including phenoxy) is 3. The molecule has 3 rings (SSSR count). The Morgan fingerprint density at radius 1 is 1.15 bits per heavy atom. The number of carbonyl (C=O) groups excluding carboxylic acids is 4. The molecule has 9 nitrogen and oxygen atoms in total. The van der Waals surface area contributed by atoms with Gasteiger partial charge in [0.15, 0.2) is 6.61 Å². The van der Waals surface area contributed by atoms with Crippen molar-refractivity contribution in [2.45, 2.75) is 6.92 Å². The van der Waals surface area contributed by atoms with Gasteiger partial charge in [0.25, 0.3) is 11.1 Å². The van der Waals surface area contributed by atoms with Gasteiger partial charge in [-0.05, 0) is 67.2 Å². The number of nitrogens with one attached hydrogen (secondary N) is 1. The SMILES string of the molecule is CCOC(=O)COc1ccc(Br)cc1/C=C1/SC(=O)N(CC(=O)Nc2ccc(OC)cc2)C1=O. The van der Waals surface area contributed by atoms with E-state index in [4.69, 9.17) is 14.2 Å². The first-order valence-corrected chi connectivity index (χ1v) is 11.7. The molecule has 1 aliphatic heterocycles. The summed E-state index contributed by atoms with van der Waals surface area (Å²) in [6.07, 6.45) is 1.48. The van der Waals surface area contributed by atoms with E-state index in [0.717, 1.165) is 4.90 Å². The van der Waals surface area contributed by atoms with E-state index in [1.54, 1.807) is 49.4 Å². The van der Waals surface area contributed by atoms with Gasteiger partial charge in [-0.2, -0.15) is 0 Å². The zero-order valence-corrected chi connectivity index (χ0v) is 20.7. The van der Waals surface area contributed by atoms with Gasteiger partial charge in [0.05, 0.1) is 18.6 Å². The summed E-state index contributed by atoms with van der Waals surface area (Å²) in [5.41, 5.74) is 0.984. The molecular formula is C23H21BrN2O7S. The Balaban J connectivity index is 1.70. The van der Waals surface area contributed by atoms with Gasteiger partial charge in [0, 0.05) is 15.7 Å². The number of amides is 3. The van der Waals surface area contributed by atoms with Crippen molar-refractivity contribution in [2.75, 3.05) is 32.2 Å². The number of esters is 1. The van der Waals surface area contributed by atoms with E-state index in [0.29, 0.717) is 39.0 Å². The van der Waals surface area contributed by atoms with Crippen LogP contribution in [0.2, 0.25) is 0 Å². The standard InChI is InChI=1S/C23H21BrN2O7S/c1-3-32-21(28)13-33-18-9-4-15(24)10-14(18)11-19-22(29)26(23(30)34-19)12-20(27)25-16-5-7-17(31-2)8-6-16/h4-11H,3,12-13H2,1-2H3,(H,25,27)/b19-11+. The van der Waals surface area contributed by atoms with Gasteiger partial charge in [-0.25, -0.2) is 4.79 Å². The molecule has 0 radical (unpaired) electrons. The molecule has 0 saturated carbocycles. The molecule has 1 heterocycles. The van der Waals surface area contributed by atoms with Gasteiger partial charge in [-0.3, -0.25) is 19.3 Å². The maximum Gasteiger partial charge on any atom is 0.344 e. The van der Waals surface area contributed by atoms with Gasteiger partial charge in [0.1, 0.15) is 18.0 Å². The van der Waals surface area contributed by atoms with Gasteiger partial charge in [-0.15, -0.1) is 0 Å². The molecule has 1 N–H and O–H groups in total. The van der Waals surface area contributed by atoms with Crippen molar-refractivity contribution < 1.29 is 33.4 Å². The van der Waals surface area contributed by atoms with E-state index in [-0.39, 0.29) is 18.1 Å². The Morgan fingerprint density at radius 2 is 1.88 bits per heavy atom. The summed E-state index contributed by atoms with van der Waals surface area (Å²) in [4.78, 5) is 50.3. The third-order valence-corrected chi connectivity index (χ3v) is 5.86. The molecule has 178 valence electrons. The van der Waals surface area contributed by atoms with Crippen LogP contribution in [0.1, 0.15) is 12.5 Å². The highest BCUT2D eigenvalue weighted by Crippen LogP contribution is 2.35. The molecule has 11 heteroatoms. The van der Waals surface area contributed by atoms with Crippen LogP contribution in [0.15, 0.2) is 51.8 Å². The average molecular weight is 549 g/mol. The van der Waals surface area contributed by atoms with Gasteiger partial charge >= 0.3 is 5.97 Å². The predicted octanol–water partition coefficient (Wildman–Crippen LogP) is 4.07. The molecule has 2 aromatic carbocycles. The second-order valence-corrected chi connectivity index (χ2v) is 8.73. The van der Waals surface area contributed by atoms with E-state index in [1.165, 1.54) is 13.2 Å². The molecule has 0 aromatic heterocycles. The fourth-order valence-corrected chi connectivity index (χ4v) is 4.11. The monoisotopic (exact) mass is 548 g/mol. The highest BCUT2D eigenvalue weighted by molar-refractivity contribution is 9.10. The Morgan fingerprint density at radius 3 is 2.56 bits per heavy atom. The van der Waals surface area contributed by atoms with Crippen molar-refractivity contribution >= 4 is 62.5 Å². The van der Waals surface area contributed by atoms with Crippen molar-refractivity contribution in [3.05, 3.63) is 57.4 Å². The first-order chi connectivity index (χ1) is 16.3. The molecule has 1 aliphatic rings. The third kappa shape index (κ3) is 6.61. The van der Waals surface area contributed by atoms with Crippen LogP contribution in [0.25, 0.3) is 6.08 Å². The lowest BCUT2D eigenvalue weighted by Gasteiger charge is -2.13. The van der Waals surface area contributed by atoms with Crippen LogP contribution in [0.3, 0.4) is 0 Å². The third-order valence-electron chi connectivity index (χ3n) is 4.46. The van der Waals surface area contributed by atoms with Crippen molar-refractivity contribution in [1.29, 1.82) is 0 Å². The van der Waals surface area contributed by atoms with E-state index < -0.39 is 29.6 Å². The number of halogens is 1. The number of hydrogen-bond donors (Lipinski definition) is 1. The molecule has 2 aromatic rings. The molecule has 1 saturated heterocycles. The average Bonchev–Trinajstić information content (AvgIpc) is 3.06. The van der Waals surface area contributed by atoms with Crippen LogP contribution < -0.4 is 14.8 Å². The predicted molar refractivity (Wildman–Crippen MR) is 131 cm³/mol. The first kappa shape index (κ1) is 25.3. The summed E-state index contributed by atoms with van der Waals surface area (Å²) >= 11 is 4.07. The zero-order chi connectivity index (χ0) is 24.7. The second-order valence-electron chi connectivity index (χ2n) is 6.82. The number of thioether (sulfide) groups is 1. The number of methoxy groups -OCH3 is 1. The Hall–Kier alpha value is -3.31. The molecule has 0 spiro atoms. The molecule has 34 heavy (non-hydrogen) atoms. The number of rotatable bonds is 9. The van der Waals surface area contributed by atoms with E-state index in [2.05, 4.69) is 21.2 Å². The van der Waals surface area contributed by atoms with Gasteiger partial charge < -0.3 is 19.5 Å². The van der Waals surface area contributed by atoms with Crippen molar-refractivity contribution in [3.8, 4) is 11.5 Å². The number of anilines is 1. The second kappa shape index (κ2) is 11.7. The minimum Gasteiger partial charge on any atom is -0.497 e. The summed E-state index contributed by atoms with van der Waals surface area (Å²) in [5.74, 6) is -0.682. The fourth-order valence-electron chi connectivity index (χ4n) is 2.90. The number of carbonyl (C=O) groups is 4. The topological polar surface area (TPSA) is 111 Å². The number of hydrogen-bond acceptors (Lipinski definition) is 8. The Kier molecular flexibility index (Phi) is 8.72. The highest BCUT2D eigenvalue weighted by atomic mass is 79.9. The molecule has 1 fully saturated rings. The molecular weight excluding hydrogens is 528 g/mol. The maximum atomic E-state index is 12.8. The van der Waals surface area contributed by atoms with Gasteiger partial charge in [0.2, 0.25) is 5.91 Å². The van der Waals surface area contributed by atoms with Crippen molar-refractivity contribution in [3.63, 3.8) is 0 Å². The molecule has 0 bridgehead atoms. The number of nitrogens with zero attached hydrogens (tertiary/aromatic N) is 1. The fraction of sp³-hybridized carbons (Fsp3) is 0.217. The smallest absolute Gasteiger partial charge is 0.344 e. The highest BCUT2D eigenvalue weighted by Gasteiger charge is 2.36. The quantitative estimate of drug-likeness (QED) is 0.368. The summed E-state index contributed by atoms with van der Waals surface area (Å²) in [7, 11) is 1.53. The number of benzene rings is 2. The van der Waals surface area contributed by atoms with Gasteiger partial charge in [-0.1, -0.05) is 15.9 Å². The van der Waals surface area contributed by atoms with Crippen LogP contribution in [0, 0.1) is 0 Å². The minimum atomic E-state index is -0.601. The Bertz CT molecular complexity index is 1130. The van der Waals surface area contributed by atoms with E-state index in [1.807, 2.05) is 0 Å². The minimum absolute atomic E-state index is 0.126. The lowest BCUT2D eigenvalue weighted by molar-refractivity contribution is -0.145. The lowest BCUT2D eigenvalue weighted by atomic mass is 10.2. The summed E-state index contributed by atoms with van der Waals surface area (Å²) in [5, 5.41) is 2.08. The van der Waals surface area contributed by atoms with Crippen molar-refractivity contribution in [1.82, 2.24) is 4.90 Å². The normalized spacial score (nSPS) is 14.3. The summed E-state index contributed by atoms with van der Waals surface area (Å²) < 4.78 is 16.2. The van der Waals surface area contributed by atoms with E-state index in [9.17, 15) is 19.2 Å².